The fourth-order valence-corrected chi connectivity index (χ4v) is 2.17. The number of hydrogen-bond donors (Lipinski definition) is 1. The summed E-state index contributed by atoms with van der Waals surface area (Å²) in [5, 5.41) is 9.00. The Morgan fingerprint density at radius 1 is 1.44 bits per heavy atom. The van der Waals surface area contributed by atoms with E-state index in [4.69, 9.17) is 5.11 Å². The highest BCUT2D eigenvalue weighted by molar-refractivity contribution is 5.85. The van der Waals surface area contributed by atoms with Gasteiger partial charge in [-0.25, -0.2) is 9.78 Å². The highest BCUT2D eigenvalue weighted by Gasteiger charge is 2.15. The van der Waals surface area contributed by atoms with E-state index in [0.29, 0.717) is 6.54 Å². The molecule has 1 aromatic heterocycles. The summed E-state index contributed by atoms with van der Waals surface area (Å²) < 4.78 is 1.78. The molecule has 88 valence electrons. The van der Waals surface area contributed by atoms with Gasteiger partial charge in [-0.05, 0) is 32.9 Å². The molecule has 16 heavy (non-hydrogen) atoms. The van der Waals surface area contributed by atoms with Gasteiger partial charge in [0.15, 0.2) is 0 Å². The number of aryl methyl sites for hydroxylation is 1. The Balaban J connectivity index is 2.02. The molecular formula is C11H17N3O2. The number of carbonyl (C=O) groups is 1. The number of imidazole rings is 1. The van der Waals surface area contributed by atoms with Crippen LogP contribution in [0.3, 0.4) is 0 Å². The van der Waals surface area contributed by atoms with E-state index in [-0.39, 0.29) is 5.69 Å². The topological polar surface area (TPSA) is 58.4 Å². The molecule has 5 heteroatoms. The third-order valence-corrected chi connectivity index (χ3v) is 3.11. The molecule has 0 atom stereocenters. The lowest BCUT2D eigenvalue weighted by Gasteiger charge is -2.16. The first kappa shape index (κ1) is 11.1. The molecule has 0 radical (unpaired) electrons. The number of likely N-dealkylation sites (tertiary alicyclic amines) is 1. The highest BCUT2D eigenvalue weighted by atomic mass is 16.4. The smallest absolute Gasteiger partial charge is 0.354 e. The van der Waals surface area contributed by atoms with Crippen LogP contribution >= 0.6 is 0 Å². The zero-order chi connectivity index (χ0) is 11.5. The van der Waals surface area contributed by atoms with Crippen molar-refractivity contribution in [2.75, 3.05) is 19.6 Å². The Morgan fingerprint density at radius 3 is 2.75 bits per heavy atom. The van der Waals surface area contributed by atoms with Crippen LogP contribution in [-0.2, 0) is 6.54 Å². The number of hydrogen-bond acceptors (Lipinski definition) is 3. The van der Waals surface area contributed by atoms with Crippen LogP contribution in [0.4, 0.5) is 0 Å². The fourth-order valence-electron chi connectivity index (χ4n) is 2.17. The van der Waals surface area contributed by atoms with Gasteiger partial charge in [-0.1, -0.05) is 0 Å². The maximum atomic E-state index is 11.0. The van der Waals surface area contributed by atoms with E-state index in [0.717, 1.165) is 25.5 Å². The van der Waals surface area contributed by atoms with Crippen molar-refractivity contribution in [1.82, 2.24) is 14.5 Å². The molecule has 0 aromatic carbocycles. The van der Waals surface area contributed by atoms with E-state index in [1.807, 2.05) is 6.92 Å². The Labute approximate surface area is 94.7 Å². The second kappa shape index (κ2) is 4.65. The largest absolute Gasteiger partial charge is 0.477 e. The van der Waals surface area contributed by atoms with Crippen molar-refractivity contribution in [3.05, 3.63) is 17.7 Å². The van der Waals surface area contributed by atoms with Crippen molar-refractivity contribution in [2.24, 2.45) is 0 Å². The van der Waals surface area contributed by atoms with Crippen molar-refractivity contribution < 1.29 is 9.90 Å². The van der Waals surface area contributed by atoms with Gasteiger partial charge in [0, 0.05) is 13.1 Å². The maximum absolute atomic E-state index is 11.0. The zero-order valence-corrected chi connectivity index (χ0v) is 9.52. The van der Waals surface area contributed by atoms with E-state index in [1.54, 1.807) is 4.57 Å². The van der Waals surface area contributed by atoms with E-state index >= 15 is 0 Å². The first-order valence-electron chi connectivity index (χ1n) is 5.66. The minimum absolute atomic E-state index is 0.289. The molecule has 5 nitrogen and oxygen atoms in total. The zero-order valence-electron chi connectivity index (χ0n) is 9.52. The Morgan fingerprint density at radius 2 is 2.12 bits per heavy atom. The van der Waals surface area contributed by atoms with E-state index in [9.17, 15) is 4.79 Å². The van der Waals surface area contributed by atoms with Crippen molar-refractivity contribution in [1.29, 1.82) is 0 Å². The van der Waals surface area contributed by atoms with Gasteiger partial charge in [-0.15, -0.1) is 0 Å². The molecule has 0 saturated carbocycles. The molecule has 0 aliphatic carbocycles. The fraction of sp³-hybridized carbons (Fsp3) is 0.636. The van der Waals surface area contributed by atoms with Gasteiger partial charge in [0.2, 0.25) is 0 Å². The summed E-state index contributed by atoms with van der Waals surface area (Å²) in [4.78, 5) is 17.4. The van der Waals surface area contributed by atoms with Gasteiger partial charge in [0.05, 0.1) is 6.20 Å². The number of carboxylic acids is 1. The van der Waals surface area contributed by atoms with E-state index < -0.39 is 5.97 Å². The first-order chi connectivity index (χ1) is 7.68. The third-order valence-electron chi connectivity index (χ3n) is 3.11. The second-order valence-electron chi connectivity index (χ2n) is 4.20. The Hall–Kier alpha value is -1.36. The normalized spacial score (nSPS) is 16.8. The quantitative estimate of drug-likeness (QED) is 0.826. The van der Waals surface area contributed by atoms with Gasteiger partial charge < -0.3 is 14.6 Å². The minimum atomic E-state index is -0.901. The van der Waals surface area contributed by atoms with Crippen LogP contribution in [0.25, 0.3) is 0 Å². The molecule has 2 heterocycles. The average Bonchev–Trinajstić information content (AvgIpc) is 2.84. The van der Waals surface area contributed by atoms with Crippen LogP contribution in [0.1, 0.15) is 29.2 Å². The maximum Gasteiger partial charge on any atom is 0.354 e. The van der Waals surface area contributed by atoms with Crippen LogP contribution in [0.5, 0.6) is 0 Å². The number of aromatic carboxylic acids is 1. The molecule has 0 bridgehead atoms. The average molecular weight is 223 g/mol. The first-order valence-corrected chi connectivity index (χ1v) is 5.66. The molecule has 1 saturated heterocycles. The van der Waals surface area contributed by atoms with Gasteiger partial charge in [-0.2, -0.15) is 0 Å². The predicted octanol–water partition coefficient (Wildman–Crippen LogP) is 0.986. The van der Waals surface area contributed by atoms with Gasteiger partial charge in [0.25, 0.3) is 0 Å². The molecule has 1 aliphatic heterocycles. The lowest BCUT2D eigenvalue weighted by molar-refractivity contribution is 0.0684. The summed E-state index contributed by atoms with van der Waals surface area (Å²) >= 11 is 0. The molecular weight excluding hydrogens is 206 g/mol. The molecule has 0 unspecified atom stereocenters. The highest BCUT2D eigenvalue weighted by Crippen LogP contribution is 2.09. The molecule has 1 fully saturated rings. The van der Waals surface area contributed by atoms with Gasteiger partial charge in [0.1, 0.15) is 11.5 Å². The number of nitrogens with zero attached hydrogens (tertiary/aromatic N) is 3. The van der Waals surface area contributed by atoms with Crippen LogP contribution in [0.15, 0.2) is 6.20 Å². The molecule has 0 amide bonds. The van der Waals surface area contributed by atoms with Crippen LogP contribution in [0, 0.1) is 6.92 Å². The van der Waals surface area contributed by atoms with Gasteiger partial charge in [-0.3, -0.25) is 0 Å². The summed E-state index contributed by atoms with van der Waals surface area (Å²) in [6.45, 7) is 5.74. The summed E-state index contributed by atoms with van der Waals surface area (Å²) in [6, 6.07) is 0. The van der Waals surface area contributed by atoms with Crippen LogP contribution in [-0.4, -0.2) is 45.2 Å². The Bertz CT molecular complexity index is 381. The van der Waals surface area contributed by atoms with Crippen LogP contribution < -0.4 is 0 Å². The summed E-state index contributed by atoms with van der Waals surface area (Å²) in [5.41, 5.74) is 0.289. The van der Waals surface area contributed by atoms with Crippen molar-refractivity contribution in [2.45, 2.75) is 26.3 Å². The number of aromatic nitrogens is 2. The van der Waals surface area contributed by atoms with Crippen molar-refractivity contribution in [3.63, 3.8) is 0 Å². The predicted molar refractivity (Wildman–Crippen MR) is 59.6 cm³/mol. The SMILES string of the molecule is Cc1ncc(C(=O)O)n1CCN1CCCC1. The standard InChI is InChI=1S/C11H17N3O2/c1-9-12-8-10(11(15)16)14(9)7-6-13-4-2-3-5-13/h8H,2-7H2,1H3,(H,15,16). The molecule has 1 N–H and O–H groups in total. The molecule has 0 spiro atoms. The lowest BCUT2D eigenvalue weighted by Crippen LogP contribution is -2.25. The summed E-state index contributed by atoms with van der Waals surface area (Å²) in [6.07, 6.45) is 3.95. The van der Waals surface area contributed by atoms with Crippen molar-refractivity contribution in [3.8, 4) is 0 Å². The molecule has 1 aromatic rings. The van der Waals surface area contributed by atoms with Crippen LogP contribution in [0.2, 0.25) is 0 Å². The molecule has 2 rings (SSSR count). The number of carboxylic acid groups (broad SMARTS) is 1. The monoisotopic (exact) mass is 223 g/mol. The summed E-state index contributed by atoms with van der Waals surface area (Å²) in [5.74, 6) is -0.126. The van der Waals surface area contributed by atoms with Gasteiger partial charge >= 0.3 is 5.97 Å². The van der Waals surface area contributed by atoms with Crippen molar-refractivity contribution >= 4 is 5.97 Å². The third kappa shape index (κ3) is 2.24. The molecule has 1 aliphatic rings. The summed E-state index contributed by atoms with van der Waals surface area (Å²) in [7, 11) is 0. The van der Waals surface area contributed by atoms with E-state index in [1.165, 1.54) is 19.0 Å². The lowest BCUT2D eigenvalue weighted by atomic mass is 10.4. The second-order valence-corrected chi connectivity index (χ2v) is 4.20. The number of rotatable bonds is 4. The minimum Gasteiger partial charge on any atom is -0.477 e. The Kier molecular flexibility index (Phi) is 3.24. The van der Waals surface area contributed by atoms with E-state index in [2.05, 4.69) is 9.88 Å².